The second-order valence-corrected chi connectivity index (χ2v) is 4.65. The van der Waals surface area contributed by atoms with E-state index in [9.17, 15) is 4.79 Å². The lowest BCUT2D eigenvalue weighted by Crippen LogP contribution is -2.08. The molecule has 0 unspecified atom stereocenters. The van der Waals surface area contributed by atoms with Crippen LogP contribution in [-0.2, 0) is 20.5 Å². The van der Waals surface area contributed by atoms with Crippen LogP contribution in [0.1, 0.15) is 51.0 Å². The van der Waals surface area contributed by atoms with E-state index >= 15 is 0 Å². The van der Waals surface area contributed by atoms with Gasteiger partial charge < -0.3 is 4.74 Å². The van der Waals surface area contributed by atoms with Crippen molar-refractivity contribution in [3.8, 4) is 0 Å². The molecule has 0 heterocycles. The smallest absolute Gasteiger partial charge is 0.310 e. The Morgan fingerprint density at radius 1 is 1.00 bits per heavy atom. The third-order valence-electron chi connectivity index (χ3n) is 2.95. The van der Waals surface area contributed by atoms with Gasteiger partial charge in [0, 0.05) is 0 Å². The van der Waals surface area contributed by atoms with Crippen molar-refractivity contribution in [1.82, 2.24) is 0 Å². The van der Waals surface area contributed by atoms with Crippen LogP contribution in [-0.4, -0.2) is 12.6 Å². The first kappa shape index (κ1) is 18.8. The Bertz CT molecular complexity index is 341. The Hall–Kier alpha value is -1.21. The highest BCUT2D eigenvalue weighted by Crippen LogP contribution is 2.06. The first-order chi connectivity index (χ1) is 9.83. The van der Waals surface area contributed by atoms with Gasteiger partial charge in [-0.15, -0.1) is 0 Å². The molecule has 0 N–H and O–H groups in total. The van der Waals surface area contributed by atoms with Crippen molar-refractivity contribution in [1.29, 1.82) is 0 Å². The zero-order valence-corrected chi connectivity index (χ0v) is 13.3. The second-order valence-electron chi connectivity index (χ2n) is 4.65. The summed E-state index contributed by atoms with van der Waals surface area (Å²) in [5.41, 5.74) is 1.02. The first-order valence-electron chi connectivity index (χ1n) is 7.23. The second kappa shape index (κ2) is 14.2. The average Bonchev–Trinajstić information content (AvgIpc) is 2.49. The lowest BCUT2D eigenvalue weighted by molar-refractivity contribution is -0.142. The van der Waals surface area contributed by atoms with Gasteiger partial charge in [-0.25, -0.2) is 0 Å². The molecular weight excluding hydrogens is 271 g/mol. The summed E-state index contributed by atoms with van der Waals surface area (Å²) >= 11 is 0. The average molecular weight is 296 g/mol. The number of esters is 1. The summed E-state index contributed by atoms with van der Waals surface area (Å²) in [4.78, 5) is 11.5. The molecule has 0 aliphatic carbocycles. The number of carbonyl (C=O) groups excluding carboxylic acids is 1. The molecule has 0 aliphatic rings. The highest BCUT2D eigenvalue weighted by atomic mass is 31.0. The SMILES string of the molecule is CCCCCCCCOC(=O)Cc1ccccc1.O=P. The molecule has 4 heteroatoms. The normalized spacial score (nSPS) is 9.45. The van der Waals surface area contributed by atoms with Crippen molar-refractivity contribution in [2.75, 3.05) is 6.61 Å². The number of unbranched alkanes of at least 4 members (excludes halogenated alkanes) is 5. The zero-order valence-electron chi connectivity index (χ0n) is 12.3. The zero-order chi connectivity index (χ0) is 15.1. The van der Waals surface area contributed by atoms with Crippen molar-refractivity contribution in [3.05, 3.63) is 35.9 Å². The molecule has 1 aromatic rings. The van der Waals surface area contributed by atoms with E-state index in [0.29, 0.717) is 13.0 Å². The molecule has 0 radical (unpaired) electrons. The van der Waals surface area contributed by atoms with Gasteiger partial charge in [0.15, 0.2) is 0 Å². The Morgan fingerprint density at radius 2 is 1.60 bits per heavy atom. The summed E-state index contributed by atoms with van der Waals surface area (Å²) in [6.07, 6.45) is 7.68. The Labute approximate surface area is 124 Å². The monoisotopic (exact) mass is 296 g/mol. The van der Waals surface area contributed by atoms with Gasteiger partial charge in [0.05, 0.1) is 13.0 Å². The van der Waals surface area contributed by atoms with Gasteiger partial charge in [-0.2, -0.15) is 0 Å². The summed E-state index contributed by atoms with van der Waals surface area (Å²) in [5, 5.41) is 0. The topological polar surface area (TPSA) is 43.4 Å². The predicted octanol–water partition coefficient (Wildman–Crippen LogP) is 4.61. The maximum atomic E-state index is 11.5. The minimum Gasteiger partial charge on any atom is -0.465 e. The predicted molar refractivity (Wildman–Crippen MR) is 83.5 cm³/mol. The molecule has 0 saturated heterocycles. The number of benzene rings is 1. The number of hydrogen-bond acceptors (Lipinski definition) is 3. The van der Waals surface area contributed by atoms with Gasteiger partial charge in [-0.05, 0) is 12.0 Å². The third kappa shape index (κ3) is 10.7. The number of carbonyl (C=O) groups is 1. The van der Waals surface area contributed by atoms with Crippen LogP contribution in [0.15, 0.2) is 30.3 Å². The molecule has 0 saturated carbocycles. The minimum absolute atomic E-state index is 0.116. The van der Waals surface area contributed by atoms with E-state index in [1.807, 2.05) is 30.3 Å². The maximum absolute atomic E-state index is 11.5. The van der Waals surface area contributed by atoms with E-state index in [2.05, 4.69) is 6.92 Å². The van der Waals surface area contributed by atoms with E-state index < -0.39 is 0 Å². The standard InChI is InChI=1S/C16H24O2.HOP/c1-2-3-4-5-6-10-13-18-16(17)14-15-11-8-7-9-12-15;1-2/h7-9,11-12H,2-6,10,13-14H2,1H3;2H. The van der Waals surface area contributed by atoms with Crippen LogP contribution in [0.2, 0.25) is 0 Å². The maximum Gasteiger partial charge on any atom is 0.310 e. The van der Waals surface area contributed by atoms with E-state index in [1.165, 1.54) is 32.1 Å². The molecule has 3 nitrogen and oxygen atoms in total. The van der Waals surface area contributed by atoms with Gasteiger partial charge in [-0.3, -0.25) is 9.36 Å². The first-order valence-corrected chi connectivity index (χ1v) is 7.63. The van der Waals surface area contributed by atoms with Gasteiger partial charge in [0.2, 0.25) is 0 Å². The molecule has 1 rings (SSSR count). The van der Waals surface area contributed by atoms with Crippen LogP contribution in [0.3, 0.4) is 0 Å². The van der Waals surface area contributed by atoms with Gasteiger partial charge in [0.25, 0.3) is 0 Å². The molecule has 20 heavy (non-hydrogen) atoms. The summed E-state index contributed by atoms with van der Waals surface area (Å²) < 4.78 is 13.3. The van der Waals surface area contributed by atoms with Gasteiger partial charge in [-0.1, -0.05) is 69.4 Å². The fourth-order valence-electron chi connectivity index (χ4n) is 1.88. The van der Waals surface area contributed by atoms with Crippen LogP contribution in [0.5, 0.6) is 0 Å². The minimum atomic E-state index is -0.116. The van der Waals surface area contributed by atoms with E-state index in [4.69, 9.17) is 9.30 Å². The fraction of sp³-hybridized carbons (Fsp3) is 0.562. The van der Waals surface area contributed by atoms with Gasteiger partial charge >= 0.3 is 5.97 Å². The third-order valence-corrected chi connectivity index (χ3v) is 2.95. The summed E-state index contributed by atoms with van der Waals surface area (Å²) in [7, 11) is 1.72. The molecule has 0 aliphatic heterocycles. The van der Waals surface area contributed by atoms with Crippen molar-refractivity contribution in [3.63, 3.8) is 0 Å². The largest absolute Gasteiger partial charge is 0.465 e. The van der Waals surface area contributed by atoms with Crippen LogP contribution in [0.4, 0.5) is 0 Å². The van der Waals surface area contributed by atoms with Crippen LogP contribution >= 0.6 is 9.12 Å². The highest BCUT2D eigenvalue weighted by Gasteiger charge is 2.03. The van der Waals surface area contributed by atoms with Crippen molar-refractivity contribution < 1.29 is 14.1 Å². The molecule has 0 fully saturated rings. The lowest BCUT2D eigenvalue weighted by Gasteiger charge is -2.05. The number of ether oxygens (including phenoxy) is 1. The molecule has 0 amide bonds. The van der Waals surface area contributed by atoms with Crippen LogP contribution in [0.25, 0.3) is 0 Å². The molecule has 112 valence electrons. The quantitative estimate of drug-likeness (QED) is 0.380. The van der Waals surface area contributed by atoms with E-state index in [-0.39, 0.29) is 5.97 Å². The van der Waals surface area contributed by atoms with Gasteiger partial charge in [0.1, 0.15) is 9.12 Å². The summed E-state index contributed by atoms with van der Waals surface area (Å²) in [6.45, 7) is 2.78. The Balaban J connectivity index is 0.00000172. The highest BCUT2D eigenvalue weighted by molar-refractivity contribution is 7.00. The Kier molecular flexibility index (Phi) is 13.3. The van der Waals surface area contributed by atoms with Crippen molar-refractivity contribution >= 4 is 15.1 Å². The van der Waals surface area contributed by atoms with E-state index in [0.717, 1.165) is 12.0 Å². The van der Waals surface area contributed by atoms with Crippen molar-refractivity contribution in [2.24, 2.45) is 0 Å². The Morgan fingerprint density at radius 3 is 2.25 bits per heavy atom. The van der Waals surface area contributed by atoms with Crippen molar-refractivity contribution in [2.45, 2.75) is 51.9 Å². The molecule has 0 bridgehead atoms. The summed E-state index contributed by atoms with van der Waals surface area (Å²) in [5.74, 6) is -0.116. The van der Waals surface area contributed by atoms with Crippen LogP contribution < -0.4 is 0 Å². The molecule has 0 spiro atoms. The fourth-order valence-corrected chi connectivity index (χ4v) is 1.88. The lowest BCUT2D eigenvalue weighted by atomic mass is 10.1. The van der Waals surface area contributed by atoms with E-state index in [1.54, 1.807) is 9.12 Å². The molecule has 1 aromatic carbocycles. The van der Waals surface area contributed by atoms with Crippen LogP contribution in [0, 0.1) is 0 Å². The summed E-state index contributed by atoms with van der Waals surface area (Å²) in [6, 6.07) is 9.73. The number of rotatable bonds is 9. The molecule has 0 aromatic heterocycles. The number of hydrogen-bond donors (Lipinski definition) is 0. The molecule has 0 atom stereocenters. The molecular formula is C16H25O3P.